The number of aromatic nitrogens is 2. The van der Waals surface area contributed by atoms with Crippen LogP contribution in [0.15, 0.2) is 15.8 Å². The second-order valence-corrected chi connectivity index (χ2v) is 6.68. The van der Waals surface area contributed by atoms with E-state index in [0.717, 1.165) is 18.4 Å². The Morgan fingerprint density at radius 1 is 1.14 bits per heavy atom. The van der Waals surface area contributed by atoms with Gasteiger partial charge in [0, 0.05) is 32.5 Å². The van der Waals surface area contributed by atoms with Gasteiger partial charge in [-0.05, 0) is 13.8 Å². The molecule has 0 amide bonds. The van der Waals surface area contributed by atoms with Crippen LogP contribution in [0.2, 0.25) is 0 Å². The summed E-state index contributed by atoms with van der Waals surface area (Å²) < 4.78 is 22.5. The largest absolute Gasteiger partial charge is 0.463 e. The quantitative estimate of drug-likeness (QED) is 0.515. The molecule has 1 N–H and O–H groups in total. The van der Waals surface area contributed by atoms with Crippen LogP contribution in [0.3, 0.4) is 0 Å². The van der Waals surface area contributed by atoms with Crippen molar-refractivity contribution in [3.63, 3.8) is 0 Å². The summed E-state index contributed by atoms with van der Waals surface area (Å²) in [6.45, 7) is 6.13. The number of hydrogen-bond donors (Lipinski definition) is 1. The number of esters is 3. The fourth-order valence-corrected chi connectivity index (χ4v) is 2.94. The highest BCUT2D eigenvalue weighted by Gasteiger charge is 2.58. The third-order valence-electron chi connectivity index (χ3n) is 4.15. The Labute approximate surface area is 159 Å². The van der Waals surface area contributed by atoms with Gasteiger partial charge in [-0.1, -0.05) is 0 Å². The first-order chi connectivity index (χ1) is 12.9. The van der Waals surface area contributed by atoms with Crippen molar-refractivity contribution in [2.75, 3.05) is 6.61 Å². The molecule has 2 rings (SSSR count). The Hall–Kier alpha value is -2.95. The van der Waals surface area contributed by atoms with Crippen molar-refractivity contribution < 1.29 is 33.3 Å². The Morgan fingerprint density at radius 3 is 2.29 bits per heavy atom. The summed E-state index contributed by atoms with van der Waals surface area (Å²) in [5.41, 5.74) is -2.60. The maximum absolute atomic E-state index is 12.3. The Kier molecular flexibility index (Phi) is 6.07. The van der Waals surface area contributed by atoms with Crippen LogP contribution in [0.4, 0.5) is 0 Å². The molecule has 2 heterocycles. The van der Waals surface area contributed by atoms with Crippen LogP contribution in [-0.4, -0.2) is 51.9 Å². The Balaban J connectivity index is 2.56. The second kappa shape index (κ2) is 7.97. The average molecular weight is 398 g/mol. The SMILES string of the molecule is CC(=O)OC[C@@]1(C)OC(n2cc(C)c(=O)[nH]c2=O)[C@H](OC(C)=O)[C@@H]1OC(C)=O. The van der Waals surface area contributed by atoms with Crippen LogP contribution in [-0.2, 0) is 33.3 Å². The highest BCUT2D eigenvalue weighted by Crippen LogP contribution is 2.40. The third-order valence-corrected chi connectivity index (χ3v) is 4.15. The predicted molar refractivity (Wildman–Crippen MR) is 92.3 cm³/mol. The highest BCUT2D eigenvalue weighted by atomic mass is 16.7. The van der Waals surface area contributed by atoms with E-state index in [1.165, 1.54) is 27.0 Å². The molecule has 11 nitrogen and oxygen atoms in total. The maximum atomic E-state index is 12.3. The Bertz CT molecular complexity index is 903. The van der Waals surface area contributed by atoms with Crippen molar-refractivity contribution in [1.29, 1.82) is 0 Å². The van der Waals surface area contributed by atoms with E-state index in [0.29, 0.717) is 0 Å². The summed E-state index contributed by atoms with van der Waals surface area (Å²) in [5, 5.41) is 0. The third kappa shape index (κ3) is 4.47. The van der Waals surface area contributed by atoms with Gasteiger partial charge >= 0.3 is 23.6 Å². The van der Waals surface area contributed by atoms with Gasteiger partial charge in [-0.3, -0.25) is 28.7 Å². The van der Waals surface area contributed by atoms with Gasteiger partial charge in [0.05, 0.1) is 0 Å². The summed E-state index contributed by atoms with van der Waals surface area (Å²) in [7, 11) is 0. The maximum Gasteiger partial charge on any atom is 0.330 e. The van der Waals surface area contributed by atoms with Gasteiger partial charge in [0.15, 0.2) is 18.4 Å². The zero-order valence-electron chi connectivity index (χ0n) is 16.1. The summed E-state index contributed by atoms with van der Waals surface area (Å²) >= 11 is 0. The molecule has 1 fully saturated rings. The lowest BCUT2D eigenvalue weighted by molar-refractivity contribution is -0.174. The average Bonchev–Trinajstić information content (AvgIpc) is 2.82. The van der Waals surface area contributed by atoms with Crippen molar-refractivity contribution >= 4 is 17.9 Å². The molecule has 1 saturated heterocycles. The second-order valence-electron chi connectivity index (χ2n) is 6.68. The Morgan fingerprint density at radius 2 is 1.75 bits per heavy atom. The smallest absolute Gasteiger partial charge is 0.330 e. The summed E-state index contributed by atoms with van der Waals surface area (Å²) in [5.74, 6) is -2.00. The number of hydrogen-bond acceptors (Lipinski definition) is 9. The number of carbonyl (C=O) groups is 3. The number of aryl methyl sites for hydroxylation is 1. The molecule has 11 heteroatoms. The molecule has 0 aliphatic carbocycles. The number of H-pyrrole nitrogens is 1. The van der Waals surface area contributed by atoms with Gasteiger partial charge in [0.2, 0.25) is 0 Å². The molecule has 4 atom stereocenters. The fourth-order valence-electron chi connectivity index (χ4n) is 2.94. The molecule has 1 aromatic heterocycles. The molecular formula is C17H22N2O9. The number of ether oxygens (including phenoxy) is 4. The van der Waals surface area contributed by atoms with Crippen LogP contribution in [0.1, 0.15) is 39.5 Å². The van der Waals surface area contributed by atoms with Gasteiger partial charge in [0.1, 0.15) is 12.2 Å². The van der Waals surface area contributed by atoms with E-state index in [1.807, 2.05) is 0 Å². The molecule has 0 bridgehead atoms. The molecule has 1 unspecified atom stereocenters. The number of nitrogens with one attached hydrogen (secondary N) is 1. The topological polar surface area (TPSA) is 143 Å². The van der Waals surface area contributed by atoms with Crippen LogP contribution in [0.5, 0.6) is 0 Å². The van der Waals surface area contributed by atoms with E-state index in [1.54, 1.807) is 0 Å². The van der Waals surface area contributed by atoms with Crippen LogP contribution in [0.25, 0.3) is 0 Å². The van der Waals surface area contributed by atoms with Crippen molar-refractivity contribution in [2.45, 2.75) is 58.7 Å². The van der Waals surface area contributed by atoms with Gasteiger partial charge in [-0.2, -0.15) is 0 Å². The first-order valence-corrected chi connectivity index (χ1v) is 8.42. The monoisotopic (exact) mass is 398 g/mol. The van der Waals surface area contributed by atoms with Crippen molar-refractivity contribution in [3.05, 3.63) is 32.6 Å². The number of nitrogens with zero attached hydrogens (tertiary/aromatic N) is 1. The molecule has 0 radical (unpaired) electrons. The molecule has 0 aromatic carbocycles. The van der Waals surface area contributed by atoms with E-state index in [9.17, 15) is 24.0 Å². The summed E-state index contributed by atoms with van der Waals surface area (Å²) in [6, 6.07) is 0. The summed E-state index contributed by atoms with van der Waals surface area (Å²) in [4.78, 5) is 60.6. The molecular weight excluding hydrogens is 376 g/mol. The normalized spacial score (nSPS) is 26.5. The van der Waals surface area contributed by atoms with E-state index in [-0.39, 0.29) is 12.2 Å². The lowest BCUT2D eigenvalue weighted by Crippen LogP contribution is -2.48. The first-order valence-electron chi connectivity index (χ1n) is 8.42. The minimum absolute atomic E-state index is 0.211. The van der Waals surface area contributed by atoms with Gasteiger partial charge < -0.3 is 18.9 Å². The van der Waals surface area contributed by atoms with Gasteiger partial charge in [-0.15, -0.1) is 0 Å². The number of rotatable bonds is 5. The van der Waals surface area contributed by atoms with Crippen LogP contribution >= 0.6 is 0 Å². The van der Waals surface area contributed by atoms with E-state index in [2.05, 4.69) is 4.98 Å². The van der Waals surface area contributed by atoms with Crippen molar-refractivity contribution in [3.8, 4) is 0 Å². The standard InChI is InChI=1S/C17H22N2O9/c1-8-6-19(16(24)18-14(8)23)15-12(26-10(3)21)13(27-11(4)22)17(5,28-15)7-25-9(2)20/h6,12-13,15H,7H2,1-5H3,(H,18,23,24)/t12-,13+,15?,17-/m1/s1. The van der Waals surface area contributed by atoms with Gasteiger partial charge in [0.25, 0.3) is 5.56 Å². The van der Waals surface area contributed by atoms with Crippen LogP contribution < -0.4 is 11.2 Å². The zero-order chi connectivity index (χ0) is 21.2. The highest BCUT2D eigenvalue weighted by molar-refractivity contribution is 5.68. The minimum Gasteiger partial charge on any atom is -0.463 e. The molecule has 154 valence electrons. The predicted octanol–water partition coefficient (Wildman–Crippen LogP) is -0.441. The molecule has 0 spiro atoms. The lowest BCUT2D eigenvalue weighted by Gasteiger charge is -2.29. The molecule has 0 saturated carbocycles. The molecule has 1 aliphatic heterocycles. The van der Waals surface area contributed by atoms with E-state index >= 15 is 0 Å². The molecule has 1 aromatic rings. The number of aromatic amines is 1. The van der Waals surface area contributed by atoms with Crippen LogP contribution in [0, 0.1) is 6.92 Å². The van der Waals surface area contributed by atoms with E-state index < -0.39 is 53.2 Å². The fraction of sp³-hybridized carbons (Fsp3) is 0.588. The lowest BCUT2D eigenvalue weighted by atomic mass is 9.97. The van der Waals surface area contributed by atoms with Crippen molar-refractivity contribution in [2.24, 2.45) is 0 Å². The van der Waals surface area contributed by atoms with Crippen molar-refractivity contribution in [1.82, 2.24) is 9.55 Å². The van der Waals surface area contributed by atoms with E-state index in [4.69, 9.17) is 18.9 Å². The van der Waals surface area contributed by atoms with Gasteiger partial charge in [-0.25, -0.2) is 4.79 Å². The minimum atomic E-state index is -1.42. The summed E-state index contributed by atoms with van der Waals surface area (Å²) in [6.07, 6.45) is -2.41. The molecule has 1 aliphatic rings. The zero-order valence-corrected chi connectivity index (χ0v) is 16.1. The first kappa shape index (κ1) is 21.4. The molecule has 28 heavy (non-hydrogen) atoms. The number of carbonyl (C=O) groups excluding carboxylic acids is 3.